The van der Waals surface area contributed by atoms with Crippen molar-refractivity contribution in [2.75, 3.05) is 0 Å². The van der Waals surface area contributed by atoms with Crippen molar-refractivity contribution in [3.05, 3.63) is 51.5 Å². The molecule has 0 amide bonds. The first-order valence-corrected chi connectivity index (χ1v) is 5.92. The highest BCUT2D eigenvalue weighted by atomic mass is 79.9. The van der Waals surface area contributed by atoms with Gasteiger partial charge in [-0.15, -0.1) is 0 Å². The smallest absolute Gasteiger partial charge is 0.143 e. The van der Waals surface area contributed by atoms with Gasteiger partial charge in [0.1, 0.15) is 11.9 Å². The number of benzene rings is 1. The predicted octanol–water partition coefficient (Wildman–Crippen LogP) is 2.71. The van der Waals surface area contributed by atoms with Gasteiger partial charge in [0.25, 0.3) is 0 Å². The number of halogens is 2. The Morgan fingerprint density at radius 3 is 2.76 bits per heavy atom. The quantitative estimate of drug-likeness (QED) is 0.926. The van der Waals surface area contributed by atoms with E-state index in [1.165, 1.54) is 0 Å². The third kappa shape index (κ3) is 2.25. The molecule has 90 valence electrons. The Labute approximate surface area is 107 Å². The molecule has 0 aliphatic carbocycles. The van der Waals surface area contributed by atoms with Gasteiger partial charge in [-0.1, -0.05) is 12.1 Å². The van der Waals surface area contributed by atoms with Gasteiger partial charge in [0.05, 0.1) is 15.9 Å². The Morgan fingerprint density at radius 1 is 1.47 bits per heavy atom. The molecule has 0 aliphatic heterocycles. The van der Waals surface area contributed by atoms with E-state index in [9.17, 15) is 9.50 Å². The molecule has 1 aromatic carbocycles. The van der Waals surface area contributed by atoms with Gasteiger partial charge in [-0.2, -0.15) is 5.10 Å². The maximum atomic E-state index is 13.8. The van der Waals surface area contributed by atoms with E-state index >= 15 is 0 Å². The largest absolute Gasteiger partial charge is 0.382 e. The van der Waals surface area contributed by atoms with E-state index in [0.717, 1.165) is 5.69 Å². The molecule has 0 radical (unpaired) electrons. The molecule has 0 saturated carbocycles. The lowest BCUT2D eigenvalue weighted by atomic mass is 10.1. The zero-order valence-corrected chi connectivity index (χ0v) is 11.1. The van der Waals surface area contributed by atoms with Crippen LogP contribution in [0.4, 0.5) is 4.39 Å². The highest BCUT2D eigenvalue weighted by Gasteiger charge is 2.19. The molecular weight excluding hydrogens is 287 g/mol. The molecule has 2 rings (SSSR count). The number of hydrogen-bond acceptors (Lipinski definition) is 2. The molecule has 2 aromatic rings. The lowest BCUT2D eigenvalue weighted by Crippen LogP contribution is -2.08. The summed E-state index contributed by atoms with van der Waals surface area (Å²) in [6.07, 6.45) is -1.02. The van der Waals surface area contributed by atoms with E-state index in [1.54, 1.807) is 36.0 Å². The van der Waals surface area contributed by atoms with Crippen molar-refractivity contribution < 1.29 is 9.50 Å². The summed E-state index contributed by atoms with van der Waals surface area (Å²) in [5.74, 6) is -0.446. The summed E-state index contributed by atoms with van der Waals surface area (Å²) >= 11 is 3.10. The fraction of sp³-hybridized carbons (Fsp3) is 0.250. The number of hydrogen-bond donors (Lipinski definition) is 1. The summed E-state index contributed by atoms with van der Waals surface area (Å²) in [6.45, 7) is 1.83. The van der Waals surface area contributed by atoms with Crippen LogP contribution < -0.4 is 0 Å². The molecule has 1 unspecified atom stereocenters. The van der Waals surface area contributed by atoms with Crippen molar-refractivity contribution in [3.63, 3.8) is 0 Å². The number of aliphatic hydroxyl groups excluding tert-OH is 1. The molecule has 17 heavy (non-hydrogen) atoms. The monoisotopic (exact) mass is 298 g/mol. The van der Waals surface area contributed by atoms with Crippen LogP contribution >= 0.6 is 15.9 Å². The van der Waals surface area contributed by atoms with E-state index in [-0.39, 0.29) is 5.56 Å². The minimum Gasteiger partial charge on any atom is -0.382 e. The first-order chi connectivity index (χ1) is 8.00. The predicted molar refractivity (Wildman–Crippen MR) is 66.1 cm³/mol. The normalized spacial score (nSPS) is 12.8. The van der Waals surface area contributed by atoms with Crippen LogP contribution in [-0.2, 0) is 7.05 Å². The third-order valence-corrected chi connectivity index (χ3v) is 3.21. The van der Waals surface area contributed by atoms with E-state index in [1.807, 2.05) is 6.92 Å². The summed E-state index contributed by atoms with van der Waals surface area (Å²) in [5, 5.41) is 14.3. The van der Waals surface area contributed by atoms with Crippen LogP contribution in [0.1, 0.15) is 23.1 Å². The van der Waals surface area contributed by atoms with Crippen LogP contribution in [-0.4, -0.2) is 14.9 Å². The fourth-order valence-electron chi connectivity index (χ4n) is 1.78. The number of aryl methyl sites for hydroxylation is 2. The first-order valence-electron chi connectivity index (χ1n) is 5.13. The van der Waals surface area contributed by atoms with Gasteiger partial charge in [0.2, 0.25) is 0 Å². The highest BCUT2D eigenvalue weighted by Crippen LogP contribution is 2.28. The first kappa shape index (κ1) is 12.3. The summed E-state index contributed by atoms with van der Waals surface area (Å²) in [6, 6.07) is 6.59. The average molecular weight is 299 g/mol. The van der Waals surface area contributed by atoms with Crippen molar-refractivity contribution in [1.82, 2.24) is 9.78 Å². The number of nitrogens with zero attached hydrogens (tertiary/aromatic N) is 2. The highest BCUT2D eigenvalue weighted by molar-refractivity contribution is 9.10. The lowest BCUT2D eigenvalue weighted by molar-refractivity contribution is 0.204. The Bertz CT molecular complexity index is 553. The molecule has 5 heteroatoms. The zero-order valence-electron chi connectivity index (χ0n) is 9.48. The molecule has 1 atom stereocenters. The van der Waals surface area contributed by atoms with Crippen LogP contribution in [0.2, 0.25) is 0 Å². The number of aromatic nitrogens is 2. The minimum atomic E-state index is -1.02. The Hall–Kier alpha value is -1.20. The van der Waals surface area contributed by atoms with Crippen molar-refractivity contribution in [1.29, 1.82) is 0 Å². The minimum absolute atomic E-state index is 0.238. The molecule has 1 heterocycles. The summed E-state index contributed by atoms with van der Waals surface area (Å²) < 4.78 is 15.7. The third-order valence-electron chi connectivity index (χ3n) is 2.59. The second kappa shape index (κ2) is 4.58. The van der Waals surface area contributed by atoms with Crippen molar-refractivity contribution >= 4 is 15.9 Å². The van der Waals surface area contributed by atoms with Gasteiger partial charge in [-0.05, 0) is 35.0 Å². The molecule has 0 spiro atoms. The maximum Gasteiger partial charge on any atom is 0.143 e. The standard InChI is InChI=1S/C12H12BrFN2O/c1-7-6-10(16(2)15-7)12(17)8-4-3-5-9(13)11(8)14/h3-6,12,17H,1-2H3. The van der Waals surface area contributed by atoms with E-state index in [4.69, 9.17) is 0 Å². The molecule has 0 bridgehead atoms. The van der Waals surface area contributed by atoms with Gasteiger partial charge >= 0.3 is 0 Å². The van der Waals surface area contributed by atoms with Crippen LogP contribution in [0.25, 0.3) is 0 Å². The van der Waals surface area contributed by atoms with Crippen LogP contribution in [0.5, 0.6) is 0 Å². The van der Waals surface area contributed by atoms with Gasteiger partial charge in [-0.25, -0.2) is 4.39 Å². The fourth-order valence-corrected chi connectivity index (χ4v) is 2.16. The van der Waals surface area contributed by atoms with Crippen LogP contribution in [0.3, 0.4) is 0 Å². The summed E-state index contributed by atoms with van der Waals surface area (Å²) in [4.78, 5) is 0. The number of rotatable bonds is 2. The molecule has 0 saturated heterocycles. The van der Waals surface area contributed by atoms with Gasteiger partial charge < -0.3 is 5.11 Å². The van der Waals surface area contributed by atoms with Crippen LogP contribution in [0.15, 0.2) is 28.7 Å². The van der Waals surface area contributed by atoms with Gasteiger partial charge in [-0.3, -0.25) is 4.68 Å². The maximum absolute atomic E-state index is 13.8. The van der Waals surface area contributed by atoms with Crippen molar-refractivity contribution in [2.45, 2.75) is 13.0 Å². The van der Waals surface area contributed by atoms with E-state index in [0.29, 0.717) is 10.2 Å². The van der Waals surface area contributed by atoms with Gasteiger partial charge in [0.15, 0.2) is 0 Å². The lowest BCUT2D eigenvalue weighted by Gasteiger charge is -2.12. The van der Waals surface area contributed by atoms with Crippen molar-refractivity contribution in [2.24, 2.45) is 7.05 Å². The Kier molecular flexibility index (Phi) is 3.31. The van der Waals surface area contributed by atoms with Crippen LogP contribution in [0, 0.1) is 12.7 Å². The molecule has 3 nitrogen and oxygen atoms in total. The SMILES string of the molecule is Cc1cc(C(O)c2cccc(Br)c2F)n(C)n1. The van der Waals surface area contributed by atoms with Crippen molar-refractivity contribution in [3.8, 4) is 0 Å². The average Bonchev–Trinajstić information content (AvgIpc) is 2.61. The second-order valence-corrected chi connectivity index (χ2v) is 4.73. The Balaban J connectivity index is 2.47. The molecule has 1 aromatic heterocycles. The second-order valence-electron chi connectivity index (χ2n) is 3.88. The summed E-state index contributed by atoms with van der Waals surface area (Å²) in [7, 11) is 1.72. The molecule has 0 fully saturated rings. The summed E-state index contributed by atoms with van der Waals surface area (Å²) in [5.41, 5.74) is 1.60. The van der Waals surface area contributed by atoms with E-state index in [2.05, 4.69) is 21.0 Å². The van der Waals surface area contributed by atoms with Gasteiger partial charge in [0, 0.05) is 12.6 Å². The topological polar surface area (TPSA) is 38.0 Å². The molecular formula is C12H12BrFN2O. The number of aliphatic hydroxyl groups is 1. The molecule has 0 aliphatic rings. The Morgan fingerprint density at radius 2 is 2.18 bits per heavy atom. The van der Waals surface area contributed by atoms with E-state index < -0.39 is 11.9 Å². The molecule has 1 N–H and O–H groups in total. The zero-order chi connectivity index (χ0) is 12.6.